The maximum Gasteiger partial charge on any atom is 0.165 e. The second-order valence-electron chi connectivity index (χ2n) is 4.61. The summed E-state index contributed by atoms with van der Waals surface area (Å²) in [5.41, 5.74) is 4.39. The zero-order valence-electron chi connectivity index (χ0n) is 8.62. The molecule has 1 N–H and O–H groups in total. The van der Waals surface area contributed by atoms with Crippen LogP contribution >= 0.6 is 0 Å². The number of aromatic amines is 1. The number of H-pyrrole nitrogens is 1. The van der Waals surface area contributed by atoms with Gasteiger partial charge in [0.15, 0.2) is 5.78 Å². The molecule has 0 atom stereocenters. The third kappa shape index (κ3) is 0.978. The van der Waals surface area contributed by atoms with Crippen molar-refractivity contribution in [1.29, 1.82) is 0 Å². The second-order valence-corrected chi connectivity index (χ2v) is 4.61. The Balaban J connectivity index is 2.75. The zero-order valence-corrected chi connectivity index (χ0v) is 8.62. The molecule has 2 rings (SSSR count). The van der Waals surface area contributed by atoms with Crippen LogP contribution < -0.4 is 0 Å². The quantitative estimate of drug-likeness (QED) is 0.649. The van der Waals surface area contributed by atoms with Crippen molar-refractivity contribution in [3.8, 4) is 0 Å². The van der Waals surface area contributed by atoms with E-state index in [0.29, 0.717) is 12.2 Å². The fraction of sp³-hybridized carbons (Fsp3) is 0.545. The van der Waals surface area contributed by atoms with Gasteiger partial charge in [0.1, 0.15) is 0 Å². The van der Waals surface area contributed by atoms with E-state index in [1.54, 1.807) is 0 Å². The van der Waals surface area contributed by atoms with Crippen LogP contribution in [0.5, 0.6) is 0 Å². The fourth-order valence-corrected chi connectivity index (χ4v) is 2.55. The monoisotopic (exact) mass is 177 g/mol. The van der Waals surface area contributed by atoms with Gasteiger partial charge in [0, 0.05) is 23.4 Å². The van der Waals surface area contributed by atoms with Crippen molar-refractivity contribution in [2.75, 3.05) is 0 Å². The number of hydrogen-bond acceptors (Lipinski definition) is 1. The largest absolute Gasteiger partial charge is 0.362 e. The van der Waals surface area contributed by atoms with E-state index in [2.05, 4.69) is 18.8 Å². The van der Waals surface area contributed by atoms with Gasteiger partial charge in [-0.15, -0.1) is 0 Å². The van der Waals surface area contributed by atoms with E-state index in [9.17, 15) is 4.79 Å². The minimum absolute atomic E-state index is 0.0290. The molecule has 0 spiro atoms. The molecule has 2 heteroatoms. The minimum Gasteiger partial charge on any atom is -0.362 e. The molecule has 13 heavy (non-hydrogen) atoms. The standard InChI is InChI=1S/C11H15NO/c1-6-9-8(13)5-11(3,4)10(9)7(2)12-6/h12H,5H2,1-4H3. The molecule has 0 saturated heterocycles. The van der Waals surface area contributed by atoms with Gasteiger partial charge >= 0.3 is 0 Å². The Morgan fingerprint density at radius 1 is 1.23 bits per heavy atom. The predicted octanol–water partition coefficient (Wildman–Crippen LogP) is 2.50. The van der Waals surface area contributed by atoms with Gasteiger partial charge in [-0.25, -0.2) is 0 Å². The number of carbonyl (C=O) groups excluding carboxylic acids is 1. The number of ketones is 1. The van der Waals surface area contributed by atoms with Gasteiger partial charge in [0.2, 0.25) is 0 Å². The van der Waals surface area contributed by atoms with Crippen LogP contribution in [0.1, 0.15) is 47.6 Å². The van der Waals surface area contributed by atoms with E-state index in [1.165, 1.54) is 5.56 Å². The maximum atomic E-state index is 11.7. The van der Waals surface area contributed by atoms with Gasteiger partial charge in [-0.3, -0.25) is 4.79 Å². The van der Waals surface area contributed by atoms with Crippen LogP contribution in [-0.2, 0) is 5.41 Å². The lowest BCUT2D eigenvalue weighted by atomic mass is 9.86. The zero-order chi connectivity index (χ0) is 9.80. The SMILES string of the molecule is Cc1[nH]c(C)c2c1C(=O)CC2(C)C. The number of fused-ring (bicyclic) bond motifs is 1. The molecule has 0 bridgehead atoms. The highest BCUT2D eigenvalue weighted by molar-refractivity contribution is 6.03. The Morgan fingerprint density at radius 3 is 2.38 bits per heavy atom. The van der Waals surface area contributed by atoms with Crippen molar-refractivity contribution < 1.29 is 4.79 Å². The first kappa shape index (κ1) is 8.54. The lowest BCUT2D eigenvalue weighted by molar-refractivity contribution is 0.0978. The van der Waals surface area contributed by atoms with Crippen LogP contribution in [0.3, 0.4) is 0 Å². The molecule has 70 valence electrons. The van der Waals surface area contributed by atoms with Crippen LogP contribution in [-0.4, -0.2) is 10.8 Å². The van der Waals surface area contributed by atoms with Crippen molar-refractivity contribution in [3.05, 3.63) is 22.5 Å². The first-order valence-electron chi connectivity index (χ1n) is 4.66. The summed E-state index contributed by atoms with van der Waals surface area (Å²) in [6, 6.07) is 0. The number of aromatic nitrogens is 1. The lowest BCUT2D eigenvalue weighted by Crippen LogP contribution is -2.13. The van der Waals surface area contributed by atoms with Gasteiger partial charge in [0.25, 0.3) is 0 Å². The molecule has 2 nitrogen and oxygen atoms in total. The fourth-order valence-electron chi connectivity index (χ4n) is 2.55. The maximum absolute atomic E-state index is 11.7. The van der Waals surface area contributed by atoms with E-state index in [0.717, 1.165) is 17.0 Å². The van der Waals surface area contributed by atoms with Crippen LogP contribution in [0.2, 0.25) is 0 Å². The summed E-state index contributed by atoms with van der Waals surface area (Å²) < 4.78 is 0. The molecular weight excluding hydrogens is 162 g/mol. The lowest BCUT2D eigenvalue weighted by Gasteiger charge is -2.17. The summed E-state index contributed by atoms with van der Waals surface area (Å²) in [7, 11) is 0. The van der Waals surface area contributed by atoms with Crippen LogP contribution in [0.15, 0.2) is 0 Å². The van der Waals surface area contributed by atoms with Crippen LogP contribution in [0.25, 0.3) is 0 Å². The average Bonchev–Trinajstić information content (AvgIpc) is 2.35. The molecule has 1 heterocycles. The van der Waals surface area contributed by atoms with Gasteiger partial charge < -0.3 is 4.98 Å². The number of carbonyl (C=O) groups is 1. The van der Waals surface area contributed by atoms with E-state index < -0.39 is 0 Å². The Bertz CT molecular complexity index is 385. The number of Topliss-reactive ketones (excluding diaryl/α,β-unsaturated/α-hetero) is 1. The van der Waals surface area contributed by atoms with Crippen molar-refractivity contribution >= 4 is 5.78 Å². The normalized spacial score (nSPS) is 19.2. The van der Waals surface area contributed by atoms with Crippen molar-refractivity contribution in [2.24, 2.45) is 0 Å². The second kappa shape index (κ2) is 2.25. The smallest absolute Gasteiger partial charge is 0.165 e. The molecule has 0 fully saturated rings. The minimum atomic E-state index is 0.0290. The molecule has 1 aromatic heterocycles. The van der Waals surface area contributed by atoms with E-state index >= 15 is 0 Å². The van der Waals surface area contributed by atoms with Gasteiger partial charge in [-0.2, -0.15) is 0 Å². The number of hydrogen-bond donors (Lipinski definition) is 1. The molecule has 0 amide bonds. The number of nitrogens with one attached hydrogen (secondary N) is 1. The van der Waals surface area contributed by atoms with Crippen LogP contribution in [0, 0.1) is 13.8 Å². The highest BCUT2D eigenvalue weighted by Gasteiger charge is 2.39. The van der Waals surface area contributed by atoms with E-state index in [1.807, 2.05) is 13.8 Å². The van der Waals surface area contributed by atoms with Crippen molar-refractivity contribution in [1.82, 2.24) is 4.98 Å². The molecule has 0 radical (unpaired) electrons. The van der Waals surface area contributed by atoms with Crippen molar-refractivity contribution in [3.63, 3.8) is 0 Å². The van der Waals surface area contributed by atoms with Gasteiger partial charge in [0.05, 0.1) is 0 Å². The van der Waals surface area contributed by atoms with Crippen molar-refractivity contribution in [2.45, 2.75) is 39.5 Å². The third-order valence-electron chi connectivity index (χ3n) is 2.93. The first-order chi connectivity index (χ1) is 5.93. The van der Waals surface area contributed by atoms with Crippen LogP contribution in [0.4, 0.5) is 0 Å². The highest BCUT2D eigenvalue weighted by atomic mass is 16.1. The Morgan fingerprint density at radius 2 is 1.85 bits per heavy atom. The van der Waals surface area contributed by atoms with Gasteiger partial charge in [-0.1, -0.05) is 13.8 Å². The molecule has 0 aliphatic heterocycles. The summed E-state index contributed by atoms with van der Waals surface area (Å²) in [5, 5.41) is 0. The highest BCUT2D eigenvalue weighted by Crippen LogP contribution is 2.41. The molecule has 1 aliphatic carbocycles. The Labute approximate surface area is 78.4 Å². The first-order valence-corrected chi connectivity index (χ1v) is 4.66. The summed E-state index contributed by atoms with van der Waals surface area (Å²) >= 11 is 0. The summed E-state index contributed by atoms with van der Waals surface area (Å²) in [6.45, 7) is 8.30. The average molecular weight is 177 g/mol. The summed E-state index contributed by atoms with van der Waals surface area (Å²) in [4.78, 5) is 14.9. The Kier molecular flexibility index (Phi) is 1.48. The van der Waals surface area contributed by atoms with Gasteiger partial charge in [-0.05, 0) is 24.8 Å². The molecule has 0 unspecified atom stereocenters. The number of aryl methyl sites for hydroxylation is 2. The summed E-state index contributed by atoms with van der Waals surface area (Å²) in [5.74, 6) is 0.293. The number of rotatable bonds is 0. The molecule has 0 saturated carbocycles. The Hall–Kier alpha value is -1.05. The molecular formula is C11H15NO. The van der Waals surface area contributed by atoms with E-state index in [4.69, 9.17) is 0 Å². The predicted molar refractivity (Wildman–Crippen MR) is 52.2 cm³/mol. The van der Waals surface area contributed by atoms with E-state index in [-0.39, 0.29) is 5.41 Å². The molecule has 1 aromatic rings. The third-order valence-corrected chi connectivity index (χ3v) is 2.93. The molecule has 1 aliphatic rings. The molecule has 0 aromatic carbocycles. The topological polar surface area (TPSA) is 32.9 Å². The summed E-state index contributed by atoms with van der Waals surface area (Å²) in [6.07, 6.45) is 0.661.